The van der Waals surface area contributed by atoms with Gasteiger partial charge in [-0.25, -0.2) is 4.79 Å². The lowest BCUT2D eigenvalue weighted by molar-refractivity contribution is -0.138. The number of amides is 1. The van der Waals surface area contributed by atoms with Crippen molar-refractivity contribution in [2.24, 2.45) is 0 Å². The van der Waals surface area contributed by atoms with Crippen molar-refractivity contribution >= 4 is 35.2 Å². The Bertz CT molecular complexity index is 1060. The Labute approximate surface area is 186 Å². The number of carbonyl (C=O) groups is 2. The molecule has 0 atom stereocenters. The Kier molecular flexibility index (Phi) is 7.02. The van der Waals surface area contributed by atoms with Crippen LogP contribution in [0.2, 0.25) is 5.02 Å². The maximum Gasteiger partial charge on any atom is 0.340 e. The van der Waals surface area contributed by atoms with E-state index in [0.29, 0.717) is 40.1 Å². The second-order valence-electron chi connectivity index (χ2n) is 6.70. The van der Waals surface area contributed by atoms with Crippen molar-refractivity contribution in [3.8, 4) is 11.5 Å². The fraction of sp³-hybridized carbons (Fsp3) is 0.250. The molecule has 0 spiro atoms. The molecular formula is C24H24ClNO5. The van der Waals surface area contributed by atoms with Crippen molar-refractivity contribution in [3.63, 3.8) is 0 Å². The monoisotopic (exact) mass is 441 g/mol. The number of anilines is 1. The van der Waals surface area contributed by atoms with Gasteiger partial charge in [0.1, 0.15) is 0 Å². The van der Waals surface area contributed by atoms with Gasteiger partial charge in [0, 0.05) is 16.4 Å². The summed E-state index contributed by atoms with van der Waals surface area (Å²) in [7, 11) is 1.55. The second kappa shape index (κ2) is 9.71. The maximum atomic E-state index is 13.4. The van der Waals surface area contributed by atoms with Gasteiger partial charge in [-0.1, -0.05) is 17.7 Å². The van der Waals surface area contributed by atoms with E-state index in [2.05, 4.69) is 0 Å². The number of halogens is 1. The standard InChI is InChI=1S/C24H24ClNO5/c1-5-30-20-12-7-16(14-21(20)29-4)13-19-22(24(28)31-6-2)15(3)26(23(19)27)18-10-8-17(25)9-11-18/h7-14H,5-6H2,1-4H3/b19-13-. The van der Waals surface area contributed by atoms with Gasteiger partial charge in [0.25, 0.3) is 5.91 Å². The molecule has 1 aliphatic rings. The summed E-state index contributed by atoms with van der Waals surface area (Å²) in [5, 5.41) is 0.555. The molecule has 1 aliphatic heterocycles. The summed E-state index contributed by atoms with van der Waals surface area (Å²) in [5.74, 6) is 0.268. The van der Waals surface area contributed by atoms with Crippen LogP contribution in [-0.4, -0.2) is 32.2 Å². The number of rotatable bonds is 7. The molecule has 2 aromatic carbocycles. The van der Waals surface area contributed by atoms with Crippen LogP contribution in [0.25, 0.3) is 6.08 Å². The molecule has 0 N–H and O–H groups in total. The van der Waals surface area contributed by atoms with Crippen LogP contribution < -0.4 is 14.4 Å². The molecule has 0 saturated carbocycles. The van der Waals surface area contributed by atoms with Gasteiger partial charge >= 0.3 is 5.97 Å². The van der Waals surface area contributed by atoms with Gasteiger partial charge in [0.05, 0.1) is 31.5 Å². The summed E-state index contributed by atoms with van der Waals surface area (Å²) in [6, 6.07) is 12.2. The van der Waals surface area contributed by atoms with Crippen LogP contribution in [0.5, 0.6) is 11.5 Å². The second-order valence-corrected chi connectivity index (χ2v) is 7.14. The molecule has 7 heteroatoms. The minimum Gasteiger partial charge on any atom is -0.493 e. The van der Waals surface area contributed by atoms with Gasteiger partial charge in [-0.2, -0.15) is 0 Å². The van der Waals surface area contributed by atoms with Crippen LogP contribution in [0, 0.1) is 0 Å². The largest absolute Gasteiger partial charge is 0.493 e. The van der Waals surface area contributed by atoms with Crippen molar-refractivity contribution < 1.29 is 23.8 Å². The third-order valence-corrected chi connectivity index (χ3v) is 5.01. The van der Waals surface area contributed by atoms with Crippen LogP contribution in [0.15, 0.2) is 59.3 Å². The zero-order valence-corrected chi connectivity index (χ0v) is 18.7. The van der Waals surface area contributed by atoms with Gasteiger partial charge < -0.3 is 14.2 Å². The minimum absolute atomic E-state index is 0.203. The Morgan fingerprint density at radius 1 is 1.06 bits per heavy atom. The fourth-order valence-corrected chi connectivity index (χ4v) is 3.52. The molecule has 0 unspecified atom stereocenters. The number of hydrogen-bond donors (Lipinski definition) is 0. The number of methoxy groups -OCH3 is 1. The molecule has 31 heavy (non-hydrogen) atoms. The molecule has 0 aromatic heterocycles. The first-order valence-electron chi connectivity index (χ1n) is 9.92. The topological polar surface area (TPSA) is 65.1 Å². The molecule has 0 saturated heterocycles. The van der Waals surface area contributed by atoms with E-state index in [4.69, 9.17) is 25.8 Å². The molecule has 162 valence electrons. The number of hydrogen-bond acceptors (Lipinski definition) is 5. The summed E-state index contributed by atoms with van der Waals surface area (Å²) < 4.78 is 16.2. The van der Waals surface area contributed by atoms with E-state index in [-0.39, 0.29) is 23.7 Å². The molecule has 1 amide bonds. The fourth-order valence-electron chi connectivity index (χ4n) is 3.40. The number of allylic oxidation sites excluding steroid dienone is 1. The lowest BCUT2D eigenvalue weighted by atomic mass is 10.0. The Morgan fingerprint density at radius 2 is 1.77 bits per heavy atom. The summed E-state index contributed by atoms with van der Waals surface area (Å²) in [6.45, 7) is 6.03. The smallest absolute Gasteiger partial charge is 0.340 e. The SMILES string of the molecule is CCOC(=O)C1=C(C)N(c2ccc(Cl)cc2)C(=O)/C1=C\c1ccc(OCC)c(OC)c1. The Hall–Kier alpha value is -3.25. The van der Waals surface area contributed by atoms with Crippen molar-refractivity contribution in [3.05, 3.63) is 69.9 Å². The summed E-state index contributed by atoms with van der Waals surface area (Å²) in [6.07, 6.45) is 1.66. The molecular weight excluding hydrogens is 418 g/mol. The van der Waals surface area contributed by atoms with Crippen molar-refractivity contribution in [1.82, 2.24) is 0 Å². The molecule has 0 radical (unpaired) electrons. The zero-order valence-electron chi connectivity index (χ0n) is 17.9. The first-order chi connectivity index (χ1) is 14.9. The predicted octanol–water partition coefficient (Wildman–Crippen LogP) is 5.01. The molecule has 0 bridgehead atoms. The minimum atomic E-state index is -0.547. The van der Waals surface area contributed by atoms with Crippen LogP contribution in [0.1, 0.15) is 26.3 Å². The van der Waals surface area contributed by atoms with Gasteiger partial charge in [0.2, 0.25) is 0 Å². The van der Waals surface area contributed by atoms with Crippen molar-refractivity contribution in [2.45, 2.75) is 20.8 Å². The van der Waals surface area contributed by atoms with E-state index in [1.54, 1.807) is 69.5 Å². The normalized spacial score (nSPS) is 14.9. The molecule has 0 fully saturated rings. The first kappa shape index (κ1) is 22.4. The zero-order chi connectivity index (χ0) is 22.5. The number of nitrogens with zero attached hydrogens (tertiary/aromatic N) is 1. The van der Waals surface area contributed by atoms with E-state index < -0.39 is 5.97 Å². The van der Waals surface area contributed by atoms with Gasteiger partial charge in [-0.05, 0) is 68.8 Å². The third-order valence-electron chi connectivity index (χ3n) is 4.76. The number of ether oxygens (including phenoxy) is 3. The van der Waals surface area contributed by atoms with Crippen LogP contribution in [0.3, 0.4) is 0 Å². The number of esters is 1. The van der Waals surface area contributed by atoms with Crippen molar-refractivity contribution in [2.75, 3.05) is 25.2 Å². The van der Waals surface area contributed by atoms with E-state index in [0.717, 1.165) is 0 Å². The first-order valence-corrected chi connectivity index (χ1v) is 10.3. The highest BCUT2D eigenvalue weighted by Gasteiger charge is 2.38. The molecule has 6 nitrogen and oxygen atoms in total. The molecule has 3 rings (SSSR count). The van der Waals surface area contributed by atoms with Crippen LogP contribution in [0.4, 0.5) is 5.69 Å². The van der Waals surface area contributed by atoms with E-state index in [9.17, 15) is 9.59 Å². The Balaban J connectivity index is 2.10. The highest BCUT2D eigenvalue weighted by molar-refractivity contribution is 6.30. The Morgan fingerprint density at radius 3 is 2.39 bits per heavy atom. The van der Waals surface area contributed by atoms with Crippen molar-refractivity contribution in [1.29, 1.82) is 0 Å². The quantitative estimate of drug-likeness (QED) is 0.446. The van der Waals surface area contributed by atoms with E-state index >= 15 is 0 Å². The van der Waals surface area contributed by atoms with Gasteiger partial charge in [-0.3, -0.25) is 9.69 Å². The van der Waals surface area contributed by atoms with Crippen LogP contribution in [-0.2, 0) is 14.3 Å². The number of carbonyl (C=O) groups excluding carboxylic acids is 2. The van der Waals surface area contributed by atoms with E-state index in [1.807, 2.05) is 6.92 Å². The maximum absolute atomic E-state index is 13.4. The average molecular weight is 442 g/mol. The molecule has 2 aromatic rings. The highest BCUT2D eigenvalue weighted by Crippen LogP contribution is 2.37. The third kappa shape index (κ3) is 4.59. The average Bonchev–Trinajstić information content (AvgIpc) is 2.99. The highest BCUT2D eigenvalue weighted by atomic mass is 35.5. The lowest BCUT2D eigenvalue weighted by Gasteiger charge is -2.18. The molecule has 1 heterocycles. The number of benzene rings is 2. The van der Waals surface area contributed by atoms with Gasteiger partial charge in [-0.15, -0.1) is 0 Å². The summed E-state index contributed by atoms with van der Waals surface area (Å²) in [4.78, 5) is 27.6. The summed E-state index contributed by atoms with van der Waals surface area (Å²) in [5.41, 5.74) is 2.28. The van der Waals surface area contributed by atoms with Gasteiger partial charge in [0.15, 0.2) is 11.5 Å². The lowest BCUT2D eigenvalue weighted by Crippen LogP contribution is -2.24. The van der Waals surface area contributed by atoms with E-state index in [1.165, 1.54) is 4.90 Å². The van der Waals surface area contributed by atoms with Crippen LogP contribution >= 0.6 is 11.6 Å². The summed E-state index contributed by atoms with van der Waals surface area (Å²) >= 11 is 5.99. The predicted molar refractivity (Wildman–Crippen MR) is 120 cm³/mol. The molecule has 0 aliphatic carbocycles.